The number of likely N-dealkylation sites (tertiary alicyclic amines) is 2. The first-order chi connectivity index (χ1) is 14.1. The van der Waals surface area contributed by atoms with Crippen LogP contribution >= 0.6 is 0 Å². The normalized spacial score (nSPS) is 19.6. The fourth-order valence-electron chi connectivity index (χ4n) is 4.19. The molecule has 0 aromatic heterocycles. The van der Waals surface area contributed by atoms with Gasteiger partial charge in [-0.25, -0.2) is 4.79 Å². The van der Waals surface area contributed by atoms with Gasteiger partial charge in [-0.05, 0) is 62.4 Å². The molecule has 160 valence electrons. The maximum atomic E-state index is 13.0. The van der Waals surface area contributed by atoms with Gasteiger partial charge in [0.2, 0.25) is 5.91 Å². The molecule has 0 spiro atoms. The summed E-state index contributed by atoms with van der Waals surface area (Å²) in [5, 5.41) is 6.02. The third-order valence-electron chi connectivity index (χ3n) is 6.22. The zero-order valence-electron chi connectivity index (χ0n) is 18.0. The molecule has 2 aliphatic heterocycles. The third kappa shape index (κ3) is 6.20. The van der Waals surface area contributed by atoms with Crippen LogP contribution in [-0.2, 0) is 11.3 Å². The number of rotatable bonds is 7. The summed E-state index contributed by atoms with van der Waals surface area (Å²) in [6.45, 7) is 8.83. The van der Waals surface area contributed by atoms with Gasteiger partial charge < -0.3 is 15.5 Å². The van der Waals surface area contributed by atoms with Crippen LogP contribution < -0.4 is 10.6 Å². The van der Waals surface area contributed by atoms with Crippen molar-refractivity contribution in [2.45, 2.75) is 65.0 Å². The summed E-state index contributed by atoms with van der Waals surface area (Å²) in [5.41, 5.74) is 2.01. The van der Waals surface area contributed by atoms with Gasteiger partial charge in [0.05, 0.1) is 0 Å². The summed E-state index contributed by atoms with van der Waals surface area (Å²) >= 11 is 0. The van der Waals surface area contributed by atoms with Crippen LogP contribution in [-0.4, -0.2) is 54.0 Å². The summed E-state index contributed by atoms with van der Waals surface area (Å²) in [5.74, 6) is -0.0693. The van der Waals surface area contributed by atoms with Crippen LogP contribution in [0, 0.1) is 5.92 Å². The number of urea groups is 1. The largest absolute Gasteiger partial charge is 0.326 e. The minimum atomic E-state index is -0.529. The van der Waals surface area contributed by atoms with Gasteiger partial charge >= 0.3 is 6.03 Å². The van der Waals surface area contributed by atoms with Crippen molar-refractivity contribution in [1.29, 1.82) is 0 Å². The monoisotopic (exact) mass is 400 g/mol. The molecule has 29 heavy (non-hydrogen) atoms. The molecule has 2 saturated heterocycles. The number of benzene rings is 1. The van der Waals surface area contributed by atoms with Crippen molar-refractivity contribution in [1.82, 2.24) is 15.1 Å². The van der Waals surface area contributed by atoms with Gasteiger partial charge in [-0.3, -0.25) is 9.69 Å². The quantitative estimate of drug-likeness (QED) is 0.731. The molecule has 0 aliphatic carbocycles. The number of carbonyl (C=O) groups excluding carboxylic acids is 2. The third-order valence-corrected chi connectivity index (χ3v) is 6.22. The zero-order chi connectivity index (χ0) is 20.6. The molecule has 3 amide bonds. The van der Waals surface area contributed by atoms with Crippen LogP contribution in [0.25, 0.3) is 0 Å². The molecule has 0 radical (unpaired) electrons. The Labute approximate surface area is 175 Å². The van der Waals surface area contributed by atoms with E-state index in [2.05, 4.69) is 27.7 Å². The molecule has 2 heterocycles. The maximum absolute atomic E-state index is 13.0. The number of nitrogens with zero attached hydrogens (tertiary/aromatic N) is 2. The van der Waals surface area contributed by atoms with E-state index in [0.717, 1.165) is 57.7 Å². The highest BCUT2D eigenvalue weighted by molar-refractivity contribution is 5.97. The standard InChI is InChI=1S/C23H36N4O2/c1-3-18(2)21(25-23(29)27-14-7-8-15-27)22(28)24-20-11-9-10-19(16-20)17-26-12-5-4-6-13-26/h9-11,16,18,21H,3-8,12-15,17H2,1-2H3,(H,24,28)(H,25,29)/t18?,21-/m0/s1. The molecule has 1 unspecified atom stereocenters. The summed E-state index contributed by atoms with van der Waals surface area (Å²) in [6, 6.07) is 7.44. The van der Waals surface area contributed by atoms with Crippen molar-refractivity contribution >= 4 is 17.6 Å². The minimum Gasteiger partial charge on any atom is -0.326 e. The molecule has 0 bridgehead atoms. The molecule has 3 rings (SSSR count). The highest BCUT2D eigenvalue weighted by Gasteiger charge is 2.29. The average molecular weight is 401 g/mol. The fraction of sp³-hybridized carbons (Fsp3) is 0.652. The Hall–Kier alpha value is -2.08. The molecule has 2 N–H and O–H groups in total. The van der Waals surface area contributed by atoms with E-state index in [1.54, 1.807) is 0 Å². The van der Waals surface area contributed by atoms with E-state index in [4.69, 9.17) is 0 Å². The Balaban J connectivity index is 1.62. The van der Waals surface area contributed by atoms with Crippen LogP contribution in [0.3, 0.4) is 0 Å². The summed E-state index contributed by atoms with van der Waals surface area (Å²) in [4.78, 5) is 29.8. The zero-order valence-corrected chi connectivity index (χ0v) is 18.0. The van der Waals surface area contributed by atoms with Crippen LogP contribution in [0.2, 0.25) is 0 Å². The second-order valence-corrected chi connectivity index (χ2v) is 8.53. The molecule has 6 nitrogen and oxygen atoms in total. The number of anilines is 1. The number of hydrogen-bond donors (Lipinski definition) is 2. The Morgan fingerprint density at radius 2 is 1.72 bits per heavy atom. The van der Waals surface area contributed by atoms with Crippen molar-refractivity contribution in [3.05, 3.63) is 29.8 Å². The lowest BCUT2D eigenvalue weighted by Gasteiger charge is -2.27. The number of carbonyl (C=O) groups is 2. The number of nitrogens with one attached hydrogen (secondary N) is 2. The smallest absolute Gasteiger partial charge is 0.318 e. The second-order valence-electron chi connectivity index (χ2n) is 8.53. The van der Waals surface area contributed by atoms with E-state index >= 15 is 0 Å². The van der Waals surface area contributed by atoms with Crippen LogP contribution in [0.5, 0.6) is 0 Å². The lowest BCUT2D eigenvalue weighted by molar-refractivity contribution is -0.119. The molecule has 2 atom stereocenters. The Kier molecular flexibility index (Phi) is 7.92. The van der Waals surface area contributed by atoms with E-state index in [1.807, 2.05) is 30.9 Å². The molecule has 1 aromatic rings. The summed E-state index contributed by atoms with van der Waals surface area (Å²) < 4.78 is 0. The van der Waals surface area contributed by atoms with Crippen molar-refractivity contribution < 1.29 is 9.59 Å². The first kappa shape index (κ1) is 21.6. The topological polar surface area (TPSA) is 64.7 Å². The van der Waals surface area contributed by atoms with E-state index in [-0.39, 0.29) is 17.9 Å². The molecule has 6 heteroatoms. The van der Waals surface area contributed by atoms with Gasteiger partial charge in [0.25, 0.3) is 0 Å². The van der Waals surface area contributed by atoms with Crippen molar-refractivity contribution in [2.75, 3.05) is 31.5 Å². The molecular formula is C23H36N4O2. The number of hydrogen-bond acceptors (Lipinski definition) is 3. The summed E-state index contributed by atoms with van der Waals surface area (Å²) in [6.07, 6.45) is 6.77. The average Bonchev–Trinajstić information content (AvgIpc) is 3.27. The van der Waals surface area contributed by atoms with Gasteiger partial charge in [-0.2, -0.15) is 0 Å². The number of piperidine rings is 1. The first-order valence-corrected chi connectivity index (χ1v) is 11.2. The van der Waals surface area contributed by atoms with Crippen LogP contribution in [0.1, 0.15) is 57.9 Å². The lowest BCUT2D eigenvalue weighted by atomic mass is 9.98. The SMILES string of the molecule is CCC(C)[C@H](NC(=O)N1CCCC1)C(=O)Nc1cccc(CN2CCCCC2)c1. The molecule has 1 aromatic carbocycles. The lowest BCUT2D eigenvalue weighted by Crippen LogP contribution is -2.51. The first-order valence-electron chi connectivity index (χ1n) is 11.2. The molecule has 0 saturated carbocycles. The molecule has 2 fully saturated rings. The Bertz CT molecular complexity index is 681. The van der Waals surface area contributed by atoms with Crippen molar-refractivity contribution in [2.24, 2.45) is 5.92 Å². The highest BCUT2D eigenvalue weighted by atomic mass is 16.2. The van der Waals surface area contributed by atoms with Gasteiger partial charge in [0, 0.05) is 25.3 Å². The molecular weight excluding hydrogens is 364 g/mol. The van der Waals surface area contributed by atoms with E-state index in [0.29, 0.717) is 0 Å². The number of amides is 3. The van der Waals surface area contributed by atoms with Gasteiger partial charge in [0.15, 0.2) is 0 Å². The predicted molar refractivity (Wildman–Crippen MR) is 117 cm³/mol. The molecule has 2 aliphatic rings. The minimum absolute atomic E-state index is 0.0677. The fourth-order valence-corrected chi connectivity index (χ4v) is 4.19. The Morgan fingerprint density at radius 1 is 1.03 bits per heavy atom. The van der Waals surface area contributed by atoms with Crippen LogP contribution in [0.15, 0.2) is 24.3 Å². The maximum Gasteiger partial charge on any atom is 0.318 e. The second kappa shape index (κ2) is 10.6. The van der Waals surface area contributed by atoms with Crippen molar-refractivity contribution in [3.63, 3.8) is 0 Å². The predicted octanol–water partition coefficient (Wildman–Crippen LogP) is 3.83. The van der Waals surface area contributed by atoms with Gasteiger partial charge in [0.1, 0.15) is 6.04 Å². The van der Waals surface area contributed by atoms with Crippen LogP contribution in [0.4, 0.5) is 10.5 Å². The van der Waals surface area contributed by atoms with E-state index in [1.165, 1.54) is 24.8 Å². The Morgan fingerprint density at radius 3 is 2.41 bits per heavy atom. The van der Waals surface area contributed by atoms with E-state index < -0.39 is 6.04 Å². The van der Waals surface area contributed by atoms with Crippen molar-refractivity contribution in [3.8, 4) is 0 Å². The highest BCUT2D eigenvalue weighted by Crippen LogP contribution is 2.18. The van der Waals surface area contributed by atoms with Gasteiger partial charge in [-0.1, -0.05) is 38.8 Å². The van der Waals surface area contributed by atoms with Gasteiger partial charge in [-0.15, -0.1) is 0 Å². The van der Waals surface area contributed by atoms with E-state index in [9.17, 15) is 9.59 Å². The summed E-state index contributed by atoms with van der Waals surface area (Å²) in [7, 11) is 0.